The number of aromatic nitrogens is 1. The van der Waals surface area contributed by atoms with Crippen molar-refractivity contribution >= 4 is 0 Å². The summed E-state index contributed by atoms with van der Waals surface area (Å²) >= 11 is 0. The molecule has 1 aliphatic carbocycles. The lowest BCUT2D eigenvalue weighted by atomic mass is 9.76. The van der Waals surface area contributed by atoms with Crippen molar-refractivity contribution in [1.82, 2.24) is 4.98 Å². The van der Waals surface area contributed by atoms with E-state index in [1.165, 1.54) is 11.1 Å². The van der Waals surface area contributed by atoms with Crippen molar-refractivity contribution < 1.29 is 0 Å². The van der Waals surface area contributed by atoms with E-state index < -0.39 is 5.41 Å². The van der Waals surface area contributed by atoms with Crippen molar-refractivity contribution in [3.05, 3.63) is 89.7 Å². The average Bonchev–Trinajstić information content (AvgIpc) is 2.87. The van der Waals surface area contributed by atoms with E-state index in [0.29, 0.717) is 0 Å². The predicted molar refractivity (Wildman–Crippen MR) is 84.8 cm³/mol. The highest BCUT2D eigenvalue weighted by atomic mass is 14.7. The Hall–Kier alpha value is -2.85. The molecular weight excluding hydrogens is 254 g/mol. The lowest BCUT2D eigenvalue weighted by molar-refractivity contribution is 0.795. The Labute approximate surface area is 124 Å². The summed E-state index contributed by atoms with van der Waals surface area (Å²) in [6.45, 7) is 0. The monoisotopic (exact) mass is 267 g/mol. The molecule has 1 aliphatic rings. The van der Waals surface area contributed by atoms with Gasteiger partial charge in [0.1, 0.15) is 5.41 Å². The first-order chi connectivity index (χ1) is 10.4. The molecule has 21 heavy (non-hydrogen) atoms. The van der Waals surface area contributed by atoms with Gasteiger partial charge in [-0.2, -0.15) is 0 Å². The van der Waals surface area contributed by atoms with Crippen molar-refractivity contribution in [2.75, 3.05) is 0 Å². The molecule has 0 amide bonds. The van der Waals surface area contributed by atoms with Crippen LogP contribution in [0, 0.1) is 12.3 Å². The van der Waals surface area contributed by atoms with Crippen molar-refractivity contribution in [2.45, 2.75) is 5.41 Å². The Kier molecular flexibility index (Phi) is 2.46. The van der Waals surface area contributed by atoms with Crippen LogP contribution in [0.2, 0.25) is 0 Å². The summed E-state index contributed by atoms with van der Waals surface area (Å²) in [7, 11) is 0. The molecule has 0 fully saturated rings. The predicted octanol–water partition coefficient (Wildman–Crippen LogP) is 4.03. The van der Waals surface area contributed by atoms with Crippen LogP contribution < -0.4 is 0 Å². The van der Waals surface area contributed by atoms with E-state index in [4.69, 9.17) is 6.42 Å². The van der Waals surface area contributed by atoms with Crippen LogP contribution in [-0.2, 0) is 5.41 Å². The number of fused-ring (bicyclic) bond motifs is 3. The number of terminal acetylenes is 1. The van der Waals surface area contributed by atoms with Crippen molar-refractivity contribution in [2.24, 2.45) is 0 Å². The maximum Gasteiger partial charge on any atom is 0.124 e. The molecule has 0 spiro atoms. The summed E-state index contributed by atoms with van der Waals surface area (Å²) in [5, 5.41) is 0. The van der Waals surface area contributed by atoms with Crippen LogP contribution in [-0.4, -0.2) is 4.98 Å². The molecule has 0 unspecified atom stereocenters. The molecule has 0 saturated carbocycles. The molecule has 2 aromatic carbocycles. The first-order valence-electron chi connectivity index (χ1n) is 6.96. The van der Waals surface area contributed by atoms with Gasteiger partial charge in [-0.15, -0.1) is 6.42 Å². The third kappa shape index (κ3) is 1.45. The summed E-state index contributed by atoms with van der Waals surface area (Å²) in [4.78, 5) is 4.56. The number of nitrogens with zero attached hydrogens (tertiary/aromatic N) is 1. The van der Waals surface area contributed by atoms with Gasteiger partial charge >= 0.3 is 0 Å². The first-order valence-corrected chi connectivity index (χ1v) is 6.96. The van der Waals surface area contributed by atoms with Gasteiger partial charge in [0, 0.05) is 6.20 Å². The highest BCUT2D eigenvalue weighted by Crippen LogP contribution is 2.51. The number of hydrogen-bond donors (Lipinski definition) is 0. The van der Waals surface area contributed by atoms with Crippen LogP contribution in [0.3, 0.4) is 0 Å². The lowest BCUT2D eigenvalue weighted by Gasteiger charge is -2.25. The standard InChI is InChI=1S/C20H13N/c1-2-20(19-13-7-8-14-21-19)17-11-5-3-9-15(17)16-10-4-6-12-18(16)20/h1,3-14H. The number of pyridine rings is 1. The largest absolute Gasteiger partial charge is 0.259 e. The van der Waals surface area contributed by atoms with Crippen LogP contribution in [0.5, 0.6) is 0 Å². The quantitative estimate of drug-likeness (QED) is 0.607. The lowest BCUT2D eigenvalue weighted by Crippen LogP contribution is -2.25. The first kappa shape index (κ1) is 11.9. The summed E-state index contributed by atoms with van der Waals surface area (Å²) in [5.41, 5.74) is 5.02. The zero-order valence-electron chi connectivity index (χ0n) is 11.5. The van der Waals surface area contributed by atoms with E-state index in [-0.39, 0.29) is 0 Å². The SMILES string of the molecule is C#CC1(c2ccccn2)c2ccccc2-c2ccccc21. The van der Waals surface area contributed by atoms with Crippen LogP contribution >= 0.6 is 0 Å². The Morgan fingerprint density at radius 2 is 1.33 bits per heavy atom. The third-order valence-electron chi connectivity index (χ3n) is 4.22. The zero-order chi connectivity index (χ0) is 14.3. The van der Waals surface area contributed by atoms with Crippen molar-refractivity contribution in [3.63, 3.8) is 0 Å². The topological polar surface area (TPSA) is 12.9 Å². The highest BCUT2D eigenvalue weighted by Gasteiger charge is 2.44. The number of rotatable bonds is 1. The van der Waals surface area contributed by atoms with Gasteiger partial charge < -0.3 is 0 Å². The van der Waals surface area contributed by atoms with Gasteiger partial charge in [-0.3, -0.25) is 4.98 Å². The number of hydrogen-bond acceptors (Lipinski definition) is 1. The van der Waals surface area contributed by atoms with Crippen LogP contribution in [0.4, 0.5) is 0 Å². The fourth-order valence-corrected chi connectivity index (χ4v) is 3.33. The Morgan fingerprint density at radius 1 is 0.762 bits per heavy atom. The molecule has 1 heteroatoms. The second-order valence-corrected chi connectivity index (χ2v) is 5.20. The fraction of sp³-hybridized carbons (Fsp3) is 0.0500. The van der Waals surface area contributed by atoms with Gasteiger partial charge in [-0.05, 0) is 34.4 Å². The zero-order valence-corrected chi connectivity index (χ0v) is 11.5. The molecule has 4 rings (SSSR count). The van der Waals surface area contributed by atoms with E-state index in [1.807, 2.05) is 30.3 Å². The van der Waals surface area contributed by atoms with E-state index in [0.717, 1.165) is 16.8 Å². The molecule has 98 valence electrons. The Bertz CT molecular complexity index is 811. The van der Waals surface area contributed by atoms with Gasteiger partial charge in [-0.1, -0.05) is 60.5 Å². The molecule has 0 saturated heterocycles. The minimum absolute atomic E-state index is 0.589. The Balaban J connectivity index is 2.16. The maximum absolute atomic E-state index is 6.04. The van der Waals surface area contributed by atoms with E-state index in [1.54, 1.807) is 6.20 Å². The van der Waals surface area contributed by atoms with E-state index in [9.17, 15) is 0 Å². The third-order valence-corrected chi connectivity index (χ3v) is 4.22. The molecule has 0 aliphatic heterocycles. The smallest absolute Gasteiger partial charge is 0.124 e. The maximum atomic E-state index is 6.04. The van der Waals surface area contributed by atoms with Gasteiger partial charge in [0.05, 0.1) is 5.69 Å². The molecular formula is C20H13N. The van der Waals surface area contributed by atoms with Gasteiger partial charge in [0.2, 0.25) is 0 Å². The minimum atomic E-state index is -0.589. The summed E-state index contributed by atoms with van der Waals surface area (Å²) in [6, 6.07) is 22.6. The highest BCUT2D eigenvalue weighted by molar-refractivity contribution is 5.85. The molecule has 0 N–H and O–H groups in total. The molecule has 1 heterocycles. The molecule has 0 radical (unpaired) electrons. The van der Waals surface area contributed by atoms with Crippen LogP contribution in [0.25, 0.3) is 11.1 Å². The van der Waals surface area contributed by atoms with Crippen molar-refractivity contribution in [1.29, 1.82) is 0 Å². The van der Waals surface area contributed by atoms with Gasteiger partial charge in [0.15, 0.2) is 0 Å². The molecule has 0 atom stereocenters. The summed E-state index contributed by atoms with van der Waals surface area (Å²) < 4.78 is 0. The molecule has 3 aromatic rings. The number of benzene rings is 2. The fourth-order valence-electron chi connectivity index (χ4n) is 3.33. The molecule has 1 aromatic heterocycles. The van der Waals surface area contributed by atoms with E-state index in [2.05, 4.69) is 47.3 Å². The van der Waals surface area contributed by atoms with Crippen molar-refractivity contribution in [3.8, 4) is 23.5 Å². The average molecular weight is 267 g/mol. The normalized spacial score (nSPS) is 14.0. The molecule has 1 nitrogen and oxygen atoms in total. The van der Waals surface area contributed by atoms with Gasteiger partial charge in [-0.25, -0.2) is 0 Å². The van der Waals surface area contributed by atoms with Gasteiger partial charge in [0.25, 0.3) is 0 Å². The summed E-state index contributed by atoms with van der Waals surface area (Å²) in [6.07, 6.45) is 7.84. The van der Waals surface area contributed by atoms with Crippen LogP contribution in [0.1, 0.15) is 16.8 Å². The second-order valence-electron chi connectivity index (χ2n) is 5.20. The Morgan fingerprint density at radius 3 is 1.86 bits per heavy atom. The second kappa shape index (κ2) is 4.33. The minimum Gasteiger partial charge on any atom is -0.259 e. The molecule has 0 bridgehead atoms. The van der Waals surface area contributed by atoms with E-state index >= 15 is 0 Å². The van der Waals surface area contributed by atoms with Crippen LogP contribution in [0.15, 0.2) is 72.9 Å². The summed E-state index contributed by atoms with van der Waals surface area (Å²) in [5.74, 6) is 3.04.